The van der Waals surface area contributed by atoms with Crippen LogP contribution in [0.15, 0.2) is 42.6 Å². The molecule has 6 rings (SSSR count). The minimum absolute atomic E-state index is 0.0534. The lowest BCUT2D eigenvalue weighted by Crippen LogP contribution is -2.45. The Balaban J connectivity index is 1.35. The van der Waals surface area contributed by atoms with E-state index in [1.54, 1.807) is 18.2 Å². The van der Waals surface area contributed by atoms with Crippen molar-refractivity contribution in [3.63, 3.8) is 0 Å². The molecular formula is C25H26N4O5. The Morgan fingerprint density at radius 2 is 2.03 bits per heavy atom. The maximum absolute atomic E-state index is 13.3. The van der Waals surface area contributed by atoms with E-state index in [2.05, 4.69) is 21.7 Å². The Kier molecular flexibility index (Phi) is 4.69. The monoisotopic (exact) mass is 462 g/mol. The highest BCUT2D eigenvalue weighted by Gasteiger charge is 2.57. The molecule has 1 aliphatic carbocycles. The molecule has 0 bridgehead atoms. The summed E-state index contributed by atoms with van der Waals surface area (Å²) >= 11 is 0. The number of carboxylic acids is 1. The molecule has 34 heavy (non-hydrogen) atoms. The van der Waals surface area contributed by atoms with E-state index >= 15 is 0 Å². The van der Waals surface area contributed by atoms with Crippen LogP contribution in [0.3, 0.4) is 0 Å². The number of benzene rings is 1. The number of carbonyl (C=O) groups is 2. The fourth-order valence-electron chi connectivity index (χ4n) is 5.45. The number of pyridine rings is 1. The van der Waals surface area contributed by atoms with Crippen molar-refractivity contribution in [2.45, 2.75) is 44.7 Å². The van der Waals surface area contributed by atoms with Gasteiger partial charge in [-0.1, -0.05) is 24.3 Å². The average molecular weight is 463 g/mol. The highest BCUT2D eigenvalue weighted by Crippen LogP contribution is 2.48. The number of aliphatic hydroxyl groups excluding tert-OH is 1. The number of aliphatic carboxylic acids is 1. The van der Waals surface area contributed by atoms with Crippen LogP contribution in [0.2, 0.25) is 0 Å². The first kappa shape index (κ1) is 21.1. The molecule has 2 aromatic heterocycles. The highest BCUT2D eigenvalue weighted by atomic mass is 16.5. The van der Waals surface area contributed by atoms with Gasteiger partial charge in [-0.15, -0.1) is 0 Å². The number of fused-ring (bicyclic) bond motifs is 4. The second-order valence-electron chi connectivity index (χ2n) is 9.53. The molecule has 1 saturated heterocycles. The number of aromatic nitrogens is 2. The van der Waals surface area contributed by atoms with Crippen molar-refractivity contribution in [1.29, 1.82) is 0 Å². The predicted molar refractivity (Wildman–Crippen MR) is 122 cm³/mol. The standard InChI is InChI=1S/C25H26N4O5/c1-34-21-7-6-15(11-26-21)12-27-18-5-3-2-4-16(18)17-10-19-22(30)29(14-25(8-9-25)23(31)32)24(33)28(19)13-20(17)27/h2-7,11,19,24,33H,8-10,12-14H2,1H3,(H,31,32)/t19-,24?/m0/s1. The van der Waals surface area contributed by atoms with Gasteiger partial charge in [-0.3, -0.25) is 9.59 Å². The summed E-state index contributed by atoms with van der Waals surface area (Å²) in [6.07, 6.45) is 2.22. The zero-order valence-corrected chi connectivity index (χ0v) is 18.8. The minimum atomic E-state index is -1.13. The van der Waals surface area contributed by atoms with Gasteiger partial charge in [0.05, 0.1) is 18.6 Å². The molecular weight excluding hydrogens is 436 g/mol. The van der Waals surface area contributed by atoms with Gasteiger partial charge >= 0.3 is 5.97 Å². The number of methoxy groups -OCH3 is 1. The number of hydrogen-bond acceptors (Lipinski definition) is 6. The summed E-state index contributed by atoms with van der Waals surface area (Å²) in [6, 6.07) is 11.5. The molecule has 176 valence electrons. The summed E-state index contributed by atoms with van der Waals surface area (Å²) in [7, 11) is 1.59. The van der Waals surface area contributed by atoms with Gasteiger partial charge in [0.25, 0.3) is 0 Å². The maximum atomic E-state index is 13.3. The average Bonchev–Trinajstić information content (AvgIpc) is 3.55. The smallest absolute Gasteiger partial charge is 0.311 e. The SMILES string of the molecule is COc1ccc(Cn2c3c(c4ccccc42)C[C@H]2C(=O)N(CC4(C(=O)O)CC4)C(O)N2C3)cn1. The summed E-state index contributed by atoms with van der Waals surface area (Å²) < 4.78 is 7.40. The third-order valence-corrected chi connectivity index (χ3v) is 7.60. The van der Waals surface area contributed by atoms with Crippen LogP contribution in [-0.4, -0.2) is 67.5 Å². The molecule has 2 fully saturated rings. The van der Waals surface area contributed by atoms with Gasteiger partial charge in [0, 0.05) is 48.5 Å². The summed E-state index contributed by atoms with van der Waals surface area (Å²) in [5.41, 5.74) is 3.34. The molecule has 0 spiro atoms. The number of nitrogens with zero attached hydrogens (tertiary/aromatic N) is 4. The minimum Gasteiger partial charge on any atom is -0.481 e. The number of rotatable bonds is 6. The number of ether oxygens (including phenoxy) is 1. The molecule has 2 N–H and O–H groups in total. The van der Waals surface area contributed by atoms with Gasteiger partial charge in [0.2, 0.25) is 11.8 Å². The summed E-state index contributed by atoms with van der Waals surface area (Å²) in [4.78, 5) is 32.5. The Labute approximate surface area is 196 Å². The van der Waals surface area contributed by atoms with Gasteiger partial charge in [0.1, 0.15) is 0 Å². The van der Waals surface area contributed by atoms with Crippen molar-refractivity contribution < 1.29 is 24.5 Å². The molecule has 9 nitrogen and oxygen atoms in total. The molecule has 3 aromatic rings. The highest BCUT2D eigenvalue weighted by molar-refractivity contribution is 5.90. The van der Waals surface area contributed by atoms with Crippen molar-refractivity contribution in [3.8, 4) is 5.88 Å². The molecule has 1 amide bonds. The molecule has 4 heterocycles. The van der Waals surface area contributed by atoms with E-state index in [4.69, 9.17) is 4.74 Å². The number of amides is 1. The fraction of sp³-hybridized carbons (Fsp3) is 0.400. The first-order valence-corrected chi connectivity index (χ1v) is 11.5. The van der Waals surface area contributed by atoms with Gasteiger partial charge in [-0.2, -0.15) is 0 Å². The quantitative estimate of drug-likeness (QED) is 0.575. The molecule has 1 unspecified atom stereocenters. The normalized spacial score (nSPS) is 23.1. The van der Waals surface area contributed by atoms with E-state index in [-0.39, 0.29) is 12.5 Å². The van der Waals surface area contributed by atoms with E-state index in [1.807, 2.05) is 24.3 Å². The van der Waals surface area contributed by atoms with Crippen molar-refractivity contribution in [2.24, 2.45) is 5.41 Å². The zero-order chi connectivity index (χ0) is 23.6. The second-order valence-corrected chi connectivity index (χ2v) is 9.53. The van der Waals surface area contributed by atoms with E-state index in [9.17, 15) is 19.8 Å². The molecule has 1 saturated carbocycles. The largest absolute Gasteiger partial charge is 0.481 e. The van der Waals surface area contributed by atoms with Crippen LogP contribution in [0, 0.1) is 5.41 Å². The third kappa shape index (κ3) is 3.11. The topological polar surface area (TPSA) is 108 Å². The molecule has 2 atom stereocenters. The number of para-hydroxylation sites is 1. The first-order chi connectivity index (χ1) is 16.4. The van der Waals surface area contributed by atoms with Gasteiger partial charge in [-0.25, -0.2) is 9.88 Å². The fourth-order valence-corrected chi connectivity index (χ4v) is 5.45. The van der Waals surface area contributed by atoms with Crippen LogP contribution in [0.25, 0.3) is 10.9 Å². The Morgan fingerprint density at radius 3 is 2.71 bits per heavy atom. The lowest BCUT2D eigenvalue weighted by molar-refractivity contribution is -0.149. The van der Waals surface area contributed by atoms with Crippen LogP contribution in [0.4, 0.5) is 0 Å². The predicted octanol–water partition coefficient (Wildman–Crippen LogP) is 1.80. The molecule has 1 aromatic carbocycles. The lowest BCUT2D eigenvalue weighted by Gasteiger charge is -2.31. The van der Waals surface area contributed by atoms with Crippen LogP contribution in [0.5, 0.6) is 5.88 Å². The van der Waals surface area contributed by atoms with Gasteiger partial charge < -0.3 is 24.4 Å². The Morgan fingerprint density at radius 1 is 1.24 bits per heavy atom. The maximum Gasteiger partial charge on any atom is 0.311 e. The van der Waals surface area contributed by atoms with Crippen molar-refractivity contribution in [1.82, 2.24) is 19.4 Å². The molecule has 9 heteroatoms. The number of carboxylic acid groups (broad SMARTS) is 1. The van der Waals surface area contributed by atoms with E-state index < -0.39 is 23.8 Å². The zero-order valence-electron chi connectivity index (χ0n) is 18.8. The van der Waals surface area contributed by atoms with Crippen LogP contribution in [0.1, 0.15) is 29.7 Å². The van der Waals surface area contributed by atoms with E-state index in [0.29, 0.717) is 38.2 Å². The lowest BCUT2D eigenvalue weighted by atomic mass is 9.97. The molecule has 0 radical (unpaired) electrons. The van der Waals surface area contributed by atoms with Crippen LogP contribution in [-0.2, 0) is 29.1 Å². The van der Waals surface area contributed by atoms with E-state index in [0.717, 1.165) is 27.7 Å². The molecule has 3 aliphatic rings. The van der Waals surface area contributed by atoms with Gasteiger partial charge in [0.15, 0.2) is 6.35 Å². The first-order valence-electron chi connectivity index (χ1n) is 11.5. The molecule has 2 aliphatic heterocycles. The summed E-state index contributed by atoms with van der Waals surface area (Å²) in [6.45, 7) is 1.06. The number of aliphatic hydroxyl groups is 1. The summed E-state index contributed by atoms with van der Waals surface area (Å²) in [5, 5.41) is 21.8. The second kappa shape index (κ2) is 7.54. The van der Waals surface area contributed by atoms with Crippen LogP contribution >= 0.6 is 0 Å². The van der Waals surface area contributed by atoms with Crippen molar-refractivity contribution in [3.05, 3.63) is 59.4 Å². The van der Waals surface area contributed by atoms with Crippen LogP contribution < -0.4 is 4.74 Å². The van der Waals surface area contributed by atoms with E-state index in [1.165, 1.54) is 4.90 Å². The Hall–Kier alpha value is -3.43. The van der Waals surface area contributed by atoms with Gasteiger partial charge in [-0.05, 0) is 36.5 Å². The number of carbonyl (C=O) groups excluding carboxylic acids is 1. The van der Waals surface area contributed by atoms with Crippen molar-refractivity contribution >= 4 is 22.8 Å². The third-order valence-electron chi connectivity index (χ3n) is 7.60. The van der Waals surface area contributed by atoms with Crippen molar-refractivity contribution in [2.75, 3.05) is 13.7 Å². The summed E-state index contributed by atoms with van der Waals surface area (Å²) in [5.74, 6) is -0.535. The Bertz CT molecular complexity index is 1300. The number of hydrogen-bond donors (Lipinski definition) is 2.